The molecule has 0 spiro atoms. The summed E-state index contributed by atoms with van der Waals surface area (Å²) in [7, 11) is 3.93. The zero-order valence-corrected chi connectivity index (χ0v) is 75.2. The van der Waals surface area contributed by atoms with Gasteiger partial charge in [0.15, 0.2) is 0 Å². The predicted molar refractivity (Wildman–Crippen MR) is 476 cm³/mol. The van der Waals surface area contributed by atoms with Crippen molar-refractivity contribution in [3.8, 4) is 5.75 Å². The molecule has 6 heterocycles. The molecule has 0 saturated carbocycles. The van der Waals surface area contributed by atoms with Crippen molar-refractivity contribution in [2.24, 2.45) is 17.4 Å². The van der Waals surface area contributed by atoms with Crippen LogP contribution in [0, 0.1) is 5.92 Å². The highest BCUT2D eigenvalue weighted by Gasteiger charge is 2.47. The lowest BCUT2D eigenvalue weighted by Crippen LogP contribution is -2.61. The van der Waals surface area contributed by atoms with E-state index >= 15 is 33.6 Å². The number of phenolic OH excluding ortho intramolecular Hbond substituents is 1. The summed E-state index contributed by atoms with van der Waals surface area (Å²) in [5, 5.41) is 60.3. The monoisotopic (exact) mass is 1820 g/mol. The van der Waals surface area contributed by atoms with Gasteiger partial charge in [0.25, 0.3) is 0 Å². The summed E-state index contributed by atoms with van der Waals surface area (Å²) >= 11 is 0.783. The molecule has 130 heavy (non-hydrogen) atoms. The number of H-pyrrole nitrogens is 3. The van der Waals surface area contributed by atoms with Gasteiger partial charge in [0, 0.05) is 118 Å². The molecule has 3 saturated heterocycles. The van der Waals surface area contributed by atoms with Crippen LogP contribution in [-0.2, 0) is 107 Å². The van der Waals surface area contributed by atoms with Crippen LogP contribution in [0.1, 0.15) is 135 Å². The topological polar surface area (TPSA) is 600 Å². The number of carbonyl (C=O) groups excluding carboxylic acids is 17. The Morgan fingerprint density at radius 2 is 1.09 bits per heavy atom. The van der Waals surface area contributed by atoms with Crippen LogP contribution in [0.3, 0.4) is 0 Å². The van der Waals surface area contributed by atoms with Gasteiger partial charge in [0.1, 0.15) is 90.3 Å². The van der Waals surface area contributed by atoms with Crippen LogP contribution in [0.15, 0.2) is 97.7 Å². The molecule has 3 aromatic carbocycles. The van der Waals surface area contributed by atoms with Crippen LogP contribution in [0.2, 0.25) is 0 Å². The average Bonchev–Trinajstić information content (AvgIpc) is 1.63. The van der Waals surface area contributed by atoms with E-state index in [9.17, 15) is 63.3 Å². The fourth-order valence-corrected chi connectivity index (χ4v) is 17.0. The highest BCUT2D eigenvalue weighted by Crippen LogP contribution is 2.28. The number of aliphatic hydroxyl groups is 2. The number of aromatic amines is 3. The lowest BCUT2D eigenvalue weighted by atomic mass is 10.00. The van der Waals surface area contributed by atoms with E-state index in [1.807, 2.05) is 13.8 Å². The van der Waals surface area contributed by atoms with Crippen molar-refractivity contribution < 1.29 is 96.8 Å². The quantitative estimate of drug-likeness (QED) is 0.0344. The number of unbranched alkanes of at least 4 members (excludes halogenated alkanes) is 2. The largest absolute Gasteiger partial charge is 0.508 e. The first-order valence-electron chi connectivity index (χ1n) is 43.6. The molecular formula is C88H121N21O20S. The molecule has 0 unspecified atom stereocenters. The maximum Gasteiger partial charge on any atom is 0.246 e. The van der Waals surface area contributed by atoms with Gasteiger partial charge in [-0.2, -0.15) is 0 Å². The Bertz CT molecular complexity index is 5050. The van der Waals surface area contributed by atoms with Gasteiger partial charge in [-0.1, -0.05) is 102 Å². The maximum atomic E-state index is 15.6. The molecule has 0 bridgehead atoms. The molecule has 0 aliphatic carbocycles. The number of likely N-dealkylation sites (N-methyl/N-ethyl adjacent to an activating group) is 3. The molecule has 17 amide bonds. The number of para-hydroxylation sites is 2. The lowest BCUT2D eigenvalue weighted by Gasteiger charge is -2.36. The van der Waals surface area contributed by atoms with Gasteiger partial charge in [0.2, 0.25) is 100 Å². The van der Waals surface area contributed by atoms with E-state index in [4.69, 9.17) is 11.5 Å². The normalized spacial score (nSPS) is 25.3. The van der Waals surface area contributed by atoms with Gasteiger partial charge in [-0.3, -0.25) is 81.5 Å². The molecule has 0 radical (unpaired) electrons. The first-order valence-corrected chi connectivity index (χ1v) is 44.8. The maximum absolute atomic E-state index is 15.6. The number of benzene rings is 3. The summed E-state index contributed by atoms with van der Waals surface area (Å²) in [6.07, 6.45) is 4.18. The summed E-state index contributed by atoms with van der Waals surface area (Å²) in [5.41, 5.74) is 14.1. The first-order chi connectivity index (χ1) is 61.9. The van der Waals surface area contributed by atoms with Crippen LogP contribution in [-0.4, -0.2) is 310 Å². The third-order valence-corrected chi connectivity index (χ3v) is 24.5. The minimum Gasteiger partial charge on any atom is -0.508 e. The number of thioether (sulfide) groups is 1. The minimum absolute atomic E-state index is 0.00987. The Balaban J connectivity index is 1.08. The van der Waals surface area contributed by atoms with E-state index in [2.05, 4.69) is 73.1 Å². The van der Waals surface area contributed by atoms with Gasteiger partial charge in [0.05, 0.1) is 37.8 Å². The van der Waals surface area contributed by atoms with Gasteiger partial charge in [-0.05, 0) is 92.8 Å². The zero-order chi connectivity index (χ0) is 94.9. The van der Waals surface area contributed by atoms with Crippen molar-refractivity contribution in [1.29, 1.82) is 0 Å². The predicted octanol–water partition coefficient (Wildman–Crippen LogP) is -2.17. The van der Waals surface area contributed by atoms with E-state index < -0.39 is 229 Å². The van der Waals surface area contributed by atoms with Gasteiger partial charge < -0.3 is 119 Å². The molecule has 3 aliphatic heterocycles. The number of carbonyl (C=O) groups is 17. The van der Waals surface area contributed by atoms with E-state index in [-0.39, 0.29) is 82.4 Å². The van der Waals surface area contributed by atoms with Gasteiger partial charge in [-0.25, -0.2) is 4.98 Å². The highest BCUT2D eigenvalue weighted by molar-refractivity contribution is 8.00. The molecule has 3 fully saturated rings. The number of primary amides is 2. The Morgan fingerprint density at radius 1 is 0.554 bits per heavy atom. The number of nitrogens with two attached hydrogens (primary N) is 2. The molecule has 42 heteroatoms. The molecule has 704 valence electrons. The lowest BCUT2D eigenvalue weighted by molar-refractivity contribution is -0.149. The van der Waals surface area contributed by atoms with E-state index in [0.717, 1.165) is 36.3 Å². The van der Waals surface area contributed by atoms with Crippen molar-refractivity contribution in [2.75, 3.05) is 58.9 Å². The van der Waals surface area contributed by atoms with Crippen LogP contribution in [0.25, 0.3) is 21.8 Å². The molecule has 9 rings (SSSR count). The van der Waals surface area contributed by atoms with Crippen LogP contribution in [0.4, 0.5) is 0 Å². The summed E-state index contributed by atoms with van der Waals surface area (Å²) < 4.78 is 0. The number of hydrogen-bond acceptors (Lipinski definition) is 22. The molecule has 3 aliphatic rings. The smallest absolute Gasteiger partial charge is 0.246 e. The van der Waals surface area contributed by atoms with Crippen LogP contribution < -0.4 is 64.6 Å². The molecule has 6 aromatic rings. The van der Waals surface area contributed by atoms with Gasteiger partial charge >= 0.3 is 0 Å². The number of aromatic nitrogens is 4. The van der Waals surface area contributed by atoms with Crippen molar-refractivity contribution >= 4 is 134 Å². The summed E-state index contributed by atoms with van der Waals surface area (Å²) in [6, 6.07) is -1.75. The number of imidazole rings is 1. The molecule has 15 atom stereocenters. The second kappa shape index (κ2) is 47.4. The molecule has 3 aromatic heterocycles. The Labute approximate surface area is 755 Å². The van der Waals surface area contributed by atoms with Crippen molar-refractivity contribution in [3.63, 3.8) is 0 Å². The number of rotatable bonds is 22. The van der Waals surface area contributed by atoms with Crippen molar-refractivity contribution in [3.05, 3.63) is 120 Å². The Hall–Kier alpha value is -13.0. The van der Waals surface area contributed by atoms with Gasteiger partial charge in [-0.15, -0.1) is 11.8 Å². The number of nitrogens with one attached hydrogen (secondary N) is 13. The molecular weight excluding hydrogens is 1700 g/mol. The number of aromatic hydroxyl groups is 1. The first kappa shape index (κ1) is 101. The zero-order valence-electron chi connectivity index (χ0n) is 74.4. The SMILES string of the molecule is CCCC[C@H]1C(=O)N(C)[C@@H](CCCC)C(=O)N[C@@H](C)C(=O)N[C@H](C(=O)NCC(N)=O)CSCC(=O)N[C@@H](Cc2ccc(O)cc2)C(=O)N(C)[C@@H](C)C(=O)N[C@@H](CC(N)=O)C(=O)N2CCC[C@H]2C(=O)N[C@@H](Cc2cnc[nH]2)C(=O)N[C@@H](CC(C)C)C(=O)N2C[C@H](O)C[C@H]2C(=O)N[C@@H](Cc2c[nH]c3ccccc23)C(=O)N[C@@H](CO)C(=O)N[C@@H](Cc2c[nH]c3ccccc23)C(=O)N1C. The summed E-state index contributed by atoms with van der Waals surface area (Å²) in [5.74, 6) is -17.2. The summed E-state index contributed by atoms with van der Waals surface area (Å²) in [6.45, 7) is 7.42. The number of amides is 17. The second-order valence-electron chi connectivity index (χ2n) is 33.7. The van der Waals surface area contributed by atoms with Crippen LogP contribution in [0.5, 0.6) is 5.75 Å². The standard InChI is InChI=1S/C88H121N21O20S/c1-10-12-23-68-81(122)96-48(5)75(116)104-67(77(118)94-41-73(90)114)44-130-45-74(115)97-63(32-50-26-28-54(111)29-27-50)84(125)105(7)49(6)76(117)100-65(37-72(89)113)86(127)108-30-18-25-69(108)82(123)99-61(35-53-40-91-46-95-53)79(120)101-62(31-47(3)4)87(128)109-42-55(112)36-71(109)83(124)98-60(33-51-38-92-58-21-16-14-19-56(51)58)78(119)103-66(43-110)80(121)102-64(34-52-39-93-59-22-17-15-20-57(52)59)85(126)107(9)70(24-13-11-2)88(129)106(68)8/h14-17,19-22,26-29,38-40,46-49,55,60-71,92-93,110-112H,10-13,18,23-25,30-37,41-45H2,1-9H3,(H2,89,113)(H2,90,114)(H,91,95)(H,94,118)(H,96,122)(H,97,115)(H,98,124)(H,99,123)(H,100,117)(H,101,120)(H,102,121)(H,103,119)(H,104,116)/t48-,49-,55+,60-,61-,62-,63-,64-,65-,66-,67-,68-,69-,70-,71-/m0/s1. The Kier molecular flexibility index (Phi) is 36.7. The van der Waals surface area contributed by atoms with E-state index in [1.54, 1.807) is 74.8 Å². The van der Waals surface area contributed by atoms with E-state index in [0.29, 0.717) is 69.9 Å². The van der Waals surface area contributed by atoms with Crippen LogP contribution >= 0.6 is 11.8 Å². The van der Waals surface area contributed by atoms with Crippen molar-refractivity contribution in [1.82, 2.24) is 97.6 Å². The number of aliphatic hydroxyl groups excluding tert-OH is 2. The number of phenols is 1. The highest BCUT2D eigenvalue weighted by atomic mass is 32.2. The molecule has 41 nitrogen and oxygen atoms in total. The Morgan fingerprint density at radius 3 is 1.68 bits per heavy atom. The van der Waals surface area contributed by atoms with E-state index in [1.165, 1.54) is 71.8 Å². The number of nitrogens with zero attached hydrogens (tertiary/aromatic N) is 6. The third-order valence-electron chi connectivity index (χ3n) is 23.5. The second-order valence-corrected chi connectivity index (χ2v) is 34.7. The fourth-order valence-electron chi connectivity index (χ4n) is 16.1. The molecule has 20 N–H and O–H groups in total. The third kappa shape index (κ3) is 27.1. The number of hydrogen-bond donors (Lipinski definition) is 18. The van der Waals surface area contributed by atoms with Crippen molar-refractivity contribution in [2.45, 2.75) is 229 Å². The minimum atomic E-state index is -1.87. The fraction of sp³-hybridized carbons (Fsp3) is 0.523. The number of fused-ring (bicyclic) bond motifs is 4. The average molecular weight is 1830 g/mol. The summed E-state index contributed by atoms with van der Waals surface area (Å²) in [4.78, 5) is 267.